The third-order valence-electron chi connectivity index (χ3n) is 4.41. The van der Waals surface area contributed by atoms with Gasteiger partial charge in [-0.25, -0.2) is 9.97 Å². The lowest BCUT2D eigenvalue weighted by Gasteiger charge is -2.37. The van der Waals surface area contributed by atoms with E-state index in [9.17, 15) is 0 Å². The largest absolute Gasteiger partial charge is 0.415 e. The van der Waals surface area contributed by atoms with Crippen LogP contribution in [0.3, 0.4) is 0 Å². The van der Waals surface area contributed by atoms with Crippen LogP contribution in [0.25, 0.3) is 11.0 Å². The number of halogens is 1. The summed E-state index contributed by atoms with van der Waals surface area (Å²) in [5, 5.41) is 1.35. The van der Waals surface area contributed by atoms with E-state index in [0.717, 1.165) is 17.6 Å². The van der Waals surface area contributed by atoms with Gasteiger partial charge < -0.3 is 8.99 Å². The molecule has 0 fully saturated rings. The Morgan fingerprint density at radius 3 is 2.67 bits per heavy atom. The van der Waals surface area contributed by atoms with E-state index in [2.05, 4.69) is 84.1 Å². The highest BCUT2D eigenvalue weighted by atomic mass is 127. The van der Waals surface area contributed by atoms with Crippen molar-refractivity contribution in [2.45, 2.75) is 51.9 Å². The molecule has 2 rings (SSSR count). The van der Waals surface area contributed by atoms with Crippen molar-refractivity contribution in [3.8, 4) is 0 Å². The van der Waals surface area contributed by atoms with E-state index in [-0.39, 0.29) is 11.1 Å². The number of fused-ring (bicyclic) bond motifs is 1. The lowest BCUT2D eigenvalue weighted by atomic mass is 10.2. The summed E-state index contributed by atoms with van der Waals surface area (Å²) in [6, 6.07) is 0.264. The van der Waals surface area contributed by atoms with Crippen LogP contribution in [0.1, 0.15) is 33.7 Å². The molecule has 0 radical (unpaired) electrons. The first-order valence-electron chi connectivity index (χ1n) is 7.23. The number of hydrogen-bond donors (Lipinski definition) is 0. The second-order valence-electron chi connectivity index (χ2n) is 7.06. The molecular formula is C15H24IN3OSi. The molecule has 0 aliphatic rings. The molecule has 0 spiro atoms. The van der Waals surface area contributed by atoms with E-state index < -0.39 is 8.32 Å². The zero-order valence-electron chi connectivity index (χ0n) is 13.6. The molecule has 0 bridgehead atoms. The van der Waals surface area contributed by atoms with E-state index in [4.69, 9.17) is 4.43 Å². The van der Waals surface area contributed by atoms with E-state index in [0.29, 0.717) is 0 Å². The first-order valence-corrected chi connectivity index (χ1v) is 11.2. The summed E-state index contributed by atoms with van der Waals surface area (Å²) in [4.78, 5) is 8.53. The SMILES string of the molecule is CC(CO[Si](C)(C)C(C)(C)C)n1cc(I)c2cncnc21. The summed E-state index contributed by atoms with van der Waals surface area (Å²) < 4.78 is 9.72. The molecule has 0 aliphatic heterocycles. The summed E-state index contributed by atoms with van der Waals surface area (Å²) in [6.07, 6.45) is 5.62. The zero-order valence-corrected chi connectivity index (χ0v) is 16.8. The van der Waals surface area contributed by atoms with Gasteiger partial charge in [0.25, 0.3) is 0 Å². The Balaban J connectivity index is 2.19. The predicted octanol–water partition coefficient (Wildman–Crippen LogP) is 4.62. The van der Waals surface area contributed by atoms with Crippen molar-refractivity contribution in [1.29, 1.82) is 0 Å². The Kier molecular flexibility index (Phi) is 4.80. The van der Waals surface area contributed by atoms with Gasteiger partial charge in [-0.3, -0.25) is 0 Å². The molecule has 0 aliphatic carbocycles. The maximum absolute atomic E-state index is 6.34. The van der Waals surface area contributed by atoms with Crippen LogP contribution in [0, 0.1) is 3.57 Å². The predicted molar refractivity (Wildman–Crippen MR) is 98.1 cm³/mol. The highest BCUT2D eigenvalue weighted by Crippen LogP contribution is 2.37. The average Bonchev–Trinajstić information content (AvgIpc) is 2.73. The van der Waals surface area contributed by atoms with Crippen LogP contribution in [-0.4, -0.2) is 29.5 Å². The Bertz CT molecular complexity index is 633. The van der Waals surface area contributed by atoms with E-state index in [1.165, 1.54) is 3.57 Å². The highest BCUT2D eigenvalue weighted by Gasteiger charge is 2.37. The molecule has 21 heavy (non-hydrogen) atoms. The van der Waals surface area contributed by atoms with Crippen molar-refractivity contribution >= 4 is 41.9 Å². The minimum atomic E-state index is -1.71. The van der Waals surface area contributed by atoms with Crippen LogP contribution in [0.2, 0.25) is 18.1 Å². The fraction of sp³-hybridized carbons (Fsp3) is 0.600. The van der Waals surface area contributed by atoms with Crippen molar-refractivity contribution in [2.24, 2.45) is 0 Å². The smallest absolute Gasteiger partial charge is 0.192 e. The molecule has 2 aromatic rings. The van der Waals surface area contributed by atoms with Gasteiger partial charge in [0, 0.05) is 16.0 Å². The Morgan fingerprint density at radius 1 is 1.38 bits per heavy atom. The molecule has 0 N–H and O–H groups in total. The van der Waals surface area contributed by atoms with Crippen LogP contribution >= 0.6 is 22.6 Å². The summed E-state index contributed by atoms with van der Waals surface area (Å²) in [6.45, 7) is 14.3. The first kappa shape index (κ1) is 16.9. The molecule has 2 aromatic heterocycles. The van der Waals surface area contributed by atoms with E-state index in [1.807, 2.05) is 6.20 Å². The van der Waals surface area contributed by atoms with Crippen LogP contribution in [0.15, 0.2) is 18.7 Å². The quantitative estimate of drug-likeness (QED) is 0.539. The lowest BCUT2D eigenvalue weighted by Crippen LogP contribution is -2.41. The van der Waals surface area contributed by atoms with Crippen molar-refractivity contribution < 1.29 is 4.43 Å². The standard InChI is InChI=1S/C15H24IN3OSi/c1-11(9-20-21(5,6)15(2,3)4)19-8-13(16)12-7-17-10-18-14(12)19/h7-8,10-11H,9H2,1-6H3. The first-order chi connectivity index (χ1) is 9.63. The Hall–Kier alpha value is -0.473. The Morgan fingerprint density at radius 2 is 2.05 bits per heavy atom. The number of nitrogens with zero attached hydrogens (tertiary/aromatic N) is 3. The molecule has 1 atom stereocenters. The van der Waals surface area contributed by atoms with Crippen LogP contribution in [-0.2, 0) is 4.43 Å². The van der Waals surface area contributed by atoms with Gasteiger partial charge in [-0.15, -0.1) is 0 Å². The average molecular weight is 417 g/mol. The normalized spacial score (nSPS) is 14.6. The molecule has 0 saturated heterocycles. The third-order valence-corrected chi connectivity index (χ3v) is 9.77. The van der Waals surface area contributed by atoms with Crippen LogP contribution in [0.4, 0.5) is 0 Å². The molecule has 1 unspecified atom stereocenters. The van der Waals surface area contributed by atoms with E-state index in [1.54, 1.807) is 6.33 Å². The maximum atomic E-state index is 6.34. The van der Waals surface area contributed by atoms with Gasteiger partial charge in [-0.1, -0.05) is 20.8 Å². The maximum Gasteiger partial charge on any atom is 0.192 e. The van der Waals surface area contributed by atoms with Crippen LogP contribution < -0.4 is 0 Å². The van der Waals surface area contributed by atoms with Gasteiger partial charge in [0.2, 0.25) is 0 Å². The van der Waals surface area contributed by atoms with Gasteiger partial charge in [0.05, 0.1) is 18.0 Å². The van der Waals surface area contributed by atoms with Gasteiger partial charge in [0.1, 0.15) is 12.0 Å². The zero-order chi connectivity index (χ0) is 15.8. The van der Waals surface area contributed by atoms with Gasteiger partial charge in [-0.2, -0.15) is 0 Å². The molecular weight excluding hydrogens is 393 g/mol. The molecule has 4 nitrogen and oxygen atoms in total. The third kappa shape index (κ3) is 3.48. The monoisotopic (exact) mass is 417 g/mol. The number of hydrogen-bond acceptors (Lipinski definition) is 3. The highest BCUT2D eigenvalue weighted by molar-refractivity contribution is 14.1. The Labute approximate surface area is 141 Å². The minimum absolute atomic E-state index is 0.238. The fourth-order valence-electron chi connectivity index (χ4n) is 1.91. The lowest BCUT2D eigenvalue weighted by molar-refractivity contribution is 0.241. The second kappa shape index (κ2) is 5.96. The minimum Gasteiger partial charge on any atom is -0.415 e. The van der Waals surface area contributed by atoms with Crippen LogP contribution in [0.5, 0.6) is 0 Å². The van der Waals surface area contributed by atoms with Gasteiger partial charge in [0.15, 0.2) is 8.32 Å². The van der Waals surface area contributed by atoms with Crippen molar-refractivity contribution in [3.63, 3.8) is 0 Å². The summed E-state index contributed by atoms with van der Waals surface area (Å²) in [7, 11) is -1.71. The van der Waals surface area contributed by atoms with Gasteiger partial charge in [-0.05, 0) is 47.6 Å². The van der Waals surface area contributed by atoms with Crippen molar-refractivity contribution in [1.82, 2.24) is 14.5 Å². The summed E-state index contributed by atoms with van der Waals surface area (Å²) in [5.74, 6) is 0. The van der Waals surface area contributed by atoms with E-state index >= 15 is 0 Å². The summed E-state index contributed by atoms with van der Waals surface area (Å²) in [5.41, 5.74) is 0.987. The van der Waals surface area contributed by atoms with Gasteiger partial charge >= 0.3 is 0 Å². The molecule has 0 saturated carbocycles. The van der Waals surface area contributed by atoms with Crippen molar-refractivity contribution in [2.75, 3.05) is 6.61 Å². The molecule has 0 aromatic carbocycles. The number of aromatic nitrogens is 3. The molecule has 116 valence electrons. The fourth-order valence-corrected chi connectivity index (χ4v) is 3.68. The molecule has 2 heterocycles. The second-order valence-corrected chi connectivity index (χ2v) is 13.0. The summed E-state index contributed by atoms with van der Waals surface area (Å²) >= 11 is 2.34. The molecule has 0 amide bonds. The number of rotatable bonds is 4. The van der Waals surface area contributed by atoms with Crippen molar-refractivity contribution in [3.05, 3.63) is 22.3 Å². The molecule has 6 heteroatoms. The topological polar surface area (TPSA) is 39.9 Å².